The SMILES string of the molecule is O=C1CCCN1c1cc(S(=O)(=O)Nc2c(F)cc(Cl)cc2F)cc2c1N(c1ncc(-c3ccc(C(F)(F)F)cc3Cl)cn1)CC2. The number of alkyl halides is 3. The molecule has 0 spiro atoms. The Morgan fingerprint density at radius 2 is 1.58 bits per heavy atom. The first-order chi connectivity index (χ1) is 21.2. The monoisotopic (exact) mass is 683 g/mol. The second-order valence-electron chi connectivity index (χ2n) is 10.3. The van der Waals surface area contributed by atoms with Gasteiger partial charge in [-0.15, -0.1) is 0 Å². The first-order valence-electron chi connectivity index (χ1n) is 13.3. The smallest absolute Gasteiger partial charge is 0.310 e. The van der Waals surface area contributed by atoms with Crippen molar-refractivity contribution in [3.05, 3.63) is 87.7 Å². The summed E-state index contributed by atoms with van der Waals surface area (Å²) in [6.45, 7) is 0.602. The van der Waals surface area contributed by atoms with Crippen molar-refractivity contribution in [1.29, 1.82) is 0 Å². The Hall–Kier alpha value is -4.01. The number of amides is 1. The lowest BCUT2D eigenvalue weighted by molar-refractivity contribution is -0.137. The molecule has 0 aliphatic carbocycles. The van der Waals surface area contributed by atoms with Gasteiger partial charge in [-0.25, -0.2) is 27.2 Å². The molecule has 45 heavy (non-hydrogen) atoms. The Kier molecular flexibility index (Phi) is 7.86. The number of rotatable bonds is 6. The van der Waals surface area contributed by atoms with Gasteiger partial charge in [-0.05, 0) is 54.8 Å². The van der Waals surface area contributed by atoms with Gasteiger partial charge in [0.05, 0.1) is 21.8 Å². The van der Waals surface area contributed by atoms with Crippen molar-refractivity contribution in [3.63, 3.8) is 0 Å². The first-order valence-corrected chi connectivity index (χ1v) is 15.6. The Morgan fingerprint density at radius 3 is 2.18 bits per heavy atom. The van der Waals surface area contributed by atoms with E-state index < -0.39 is 39.1 Å². The summed E-state index contributed by atoms with van der Waals surface area (Å²) in [6, 6.07) is 7.10. The standard InChI is InChI=1S/C29H20Cl2F5N5O3S/c30-18-10-22(32)26(23(33)11-18)39-45(43,44)19-8-15-5-7-41(27(15)24(12-19)40-6-1-2-25(40)42)28-37-13-16(14-38-28)20-4-3-17(9-21(20)31)29(34,35)36/h3-4,8-14,39H,1-2,5-7H2. The first kappa shape index (κ1) is 31.0. The van der Waals surface area contributed by atoms with Crippen molar-refractivity contribution in [3.8, 4) is 11.1 Å². The number of benzene rings is 3. The second-order valence-corrected chi connectivity index (χ2v) is 12.8. The molecule has 1 aromatic heterocycles. The molecule has 0 radical (unpaired) electrons. The number of anilines is 4. The van der Waals surface area contributed by atoms with Crippen LogP contribution in [0.15, 0.2) is 59.8 Å². The van der Waals surface area contributed by atoms with Gasteiger partial charge < -0.3 is 9.80 Å². The highest BCUT2D eigenvalue weighted by Gasteiger charge is 2.35. The molecule has 0 atom stereocenters. The second kappa shape index (κ2) is 11.4. The molecule has 1 amide bonds. The van der Waals surface area contributed by atoms with Gasteiger partial charge in [0.2, 0.25) is 11.9 Å². The molecule has 3 heterocycles. The minimum atomic E-state index is -4.56. The average molecular weight is 684 g/mol. The molecule has 0 bridgehead atoms. The van der Waals surface area contributed by atoms with Gasteiger partial charge in [0.15, 0.2) is 11.6 Å². The van der Waals surface area contributed by atoms with Crippen LogP contribution in [0.3, 0.4) is 0 Å². The van der Waals surface area contributed by atoms with Gasteiger partial charge in [0.25, 0.3) is 10.0 Å². The van der Waals surface area contributed by atoms with Crippen LogP contribution >= 0.6 is 23.2 Å². The van der Waals surface area contributed by atoms with Gasteiger partial charge in [-0.3, -0.25) is 9.52 Å². The number of sulfonamides is 1. The lowest BCUT2D eigenvalue weighted by atomic mass is 10.1. The normalized spacial score (nSPS) is 15.1. The summed E-state index contributed by atoms with van der Waals surface area (Å²) in [5.41, 5.74) is 0.103. The third-order valence-corrected chi connectivity index (χ3v) is 9.28. The van der Waals surface area contributed by atoms with Crippen molar-refractivity contribution in [1.82, 2.24) is 9.97 Å². The van der Waals surface area contributed by atoms with E-state index in [0.29, 0.717) is 42.7 Å². The topological polar surface area (TPSA) is 95.5 Å². The quantitative estimate of drug-likeness (QED) is 0.213. The molecule has 1 saturated heterocycles. The fourth-order valence-corrected chi connectivity index (χ4v) is 6.94. The largest absolute Gasteiger partial charge is 0.416 e. The van der Waals surface area contributed by atoms with Crippen LogP contribution in [0.4, 0.5) is 45.0 Å². The van der Waals surface area contributed by atoms with Gasteiger partial charge in [-0.1, -0.05) is 29.3 Å². The van der Waals surface area contributed by atoms with Crippen molar-refractivity contribution in [2.24, 2.45) is 0 Å². The highest BCUT2D eigenvalue weighted by atomic mass is 35.5. The summed E-state index contributed by atoms with van der Waals surface area (Å²) in [6.07, 6.45) is -0.681. The Balaban J connectivity index is 1.37. The van der Waals surface area contributed by atoms with Crippen LogP contribution in [0.2, 0.25) is 10.0 Å². The molecule has 3 aromatic carbocycles. The Morgan fingerprint density at radius 1 is 0.889 bits per heavy atom. The van der Waals surface area contributed by atoms with Gasteiger partial charge in [-0.2, -0.15) is 13.2 Å². The minimum Gasteiger partial charge on any atom is -0.310 e. The number of carbonyl (C=O) groups is 1. The van der Waals surface area contributed by atoms with Crippen molar-refractivity contribution in [2.75, 3.05) is 27.6 Å². The van der Waals surface area contributed by atoms with Crippen molar-refractivity contribution < 1.29 is 35.2 Å². The Bertz CT molecular complexity index is 1940. The maximum Gasteiger partial charge on any atom is 0.416 e. The molecular weight excluding hydrogens is 664 g/mol. The van der Waals surface area contributed by atoms with E-state index >= 15 is 0 Å². The van der Waals surface area contributed by atoms with E-state index in [-0.39, 0.29) is 44.5 Å². The fraction of sp³-hybridized carbons (Fsp3) is 0.207. The van der Waals surface area contributed by atoms with E-state index in [1.165, 1.54) is 35.5 Å². The third-order valence-electron chi connectivity index (χ3n) is 7.42. The van der Waals surface area contributed by atoms with E-state index in [4.69, 9.17) is 23.2 Å². The van der Waals surface area contributed by atoms with E-state index in [9.17, 15) is 35.2 Å². The maximum atomic E-state index is 14.4. The van der Waals surface area contributed by atoms with Gasteiger partial charge in [0.1, 0.15) is 5.69 Å². The van der Waals surface area contributed by atoms with E-state index in [0.717, 1.165) is 24.3 Å². The van der Waals surface area contributed by atoms with Crippen LogP contribution in [-0.2, 0) is 27.4 Å². The summed E-state index contributed by atoms with van der Waals surface area (Å²) < 4.78 is 96.8. The van der Waals surface area contributed by atoms with Crippen LogP contribution in [0, 0.1) is 11.6 Å². The number of carbonyl (C=O) groups excluding carboxylic acids is 1. The molecular formula is C29H20Cl2F5N5O3S. The highest BCUT2D eigenvalue weighted by molar-refractivity contribution is 7.92. The van der Waals surface area contributed by atoms with E-state index in [2.05, 4.69) is 9.97 Å². The van der Waals surface area contributed by atoms with Crippen LogP contribution < -0.4 is 14.5 Å². The average Bonchev–Trinajstić information content (AvgIpc) is 3.60. The van der Waals surface area contributed by atoms with Gasteiger partial charge >= 0.3 is 6.18 Å². The number of halogens is 7. The van der Waals surface area contributed by atoms with Gasteiger partial charge in [0, 0.05) is 53.1 Å². The number of nitrogens with one attached hydrogen (secondary N) is 1. The summed E-state index contributed by atoms with van der Waals surface area (Å²) in [5.74, 6) is -2.46. The lowest BCUT2D eigenvalue weighted by Crippen LogP contribution is -2.27. The molecule has 2 aliphatic heterocycles. The Labute approximate surface area is 263 Å². The van der Waals surface area contributed by atoms with Crippen LogP contribution in [-0.4, -0.2) is 37.4 Å². The summed E-state index contributed by atoms with van der Waals surface area (Å²) in [7, 11) is -4.54. The molecule has 1 N–H and O–H groups in total. The summed E-state index contributed by atoms with van der Waals surface area (Å²) in [4.78, 5) is 24.4. The predicted molar refractivity (Wildman–Crippen MR) is 158 cm³/mol. The molecule has 0 unspecified atom stereocenters. The lowest BCUT2D eigenvalue weighted by Gasteiger charge is -2.26. The number of hydrogen-bond donors (Lipinski definition) is 1. The van der Waals surface area contributed by atoms with E-state index in [1.807, 2.05) is 4.72 Å². The van der Waals surface area contributed by atoms with Crippen LogP contribution in [0.5, 0.6) is 0 Å². The molecule has 16 heteroatoms. The highest BCUT2D eigenvalue weighted by Crippen LogP contribution is 2.44. The molecule has 4 aromatic rings. The molecule has 2 aliphatic rings. The van der Waals surface area contributed by atoms with E-state index in [1.54, 1.807) is 4.90 Å². The third kappa shape index (κ3) is 5.89. The number of aromatic nitrogens is 2. The predicted octanol–water partition coefficient (Wildman–Crippen LogP) is 7.37. The van der Waals surface area contributed by atoms with Crippen molar-refractivity contribution >= 4 is 62.1 Å². The number of hydrogen-bond acceptors (Lipinski definition) is 6. The molecule has 1 fully saturated rings. The zero-order chi connectivity index (χ0) is 32.3. The summed E-state index contributed by atoms with van der Waals surface area (Å²) >= 11 is 11.8. The zero-order valence-electron chi connectivity index (χ0n) is 22.8. The minimum absolute atomic E-state index is 0.136. The molecule has 8 nitrogen and oxygen atoms in total. The molecule has 6 rings (SSSR count). The number of nitrogens with zero attached hydrogens (tertiary/aromatic N) is 4. The van der Waals surface area contributed by atoms with Crippen molar-refractivity contribution in [2.45, 2.75) is 30.3 Å². The van der Waals surface area contributed by atoms with Crippen LogP contribution in [0.25, 0.3) is 11.1 Å². The molecule has 0 saturated carbocycles. The summed E-state index contributed by atoms with van der Waals surface area (Å²) in [5, 5.41) is -0.388. The number of fused-ring (bicyclic) bond motifs is 1. The molecule has 234 valence electrons. The van der Waals surface area contributed by atoms with Crippen LogP contribution in [0.1, 0.15) is 24.0 Å². The maximum absolute atomic E-state index is 14.4. The zero-order valence-corrected chi connectivity index (χ0v) is 25.1. The fourth-order valence-electron chi connectivity index (χ4n) is 5.32.